The zero-order chi connectivity index (χ0) is 65.7. The van der Waals surface area contributed by atoms with Gasteiger partial charge in [0.15, 0.2) is 11.7 Å². The number of Topliss-reactive ketones (excluding diaryl/α,β-unsaturated/α-hetero) is 1. The summed E-state index contributed by atoms with van der Waals surface area (Å²) in [6.07, 6.45) is 28.1. The number of guanidine groups is 1. The van der Waals surface area contributed by atoms with Gasteiger partial charge in [0.1, 0.15) is 6.10 Å². The summed E-state index contributed by atoms with van der Waals surface area (Å²) < 4.78 is 0. The van der Waals surface area contributed by atoms with Crippen LogP contribution in [0.4, 0.5) is 0 Å². The van der Waals surface area contributed by atoms with Crippen LogP contribution in [0.1, 0.15) is 138 Å². The van der Waals surface area contributed by atoms with E-state index in [1.165, 1.54) is 18.2 Å². The minimum atomic E-state index is -1.69. The number of carbonyl (C=O) groups excluding carboxylic acids is 1. The van der Waals surface area contributed by atoms with Gasteiger partial charge in [-0.2, -0.15) is 0 Å². The number of hydrogen-bond acceptors (Lipinski definition) is 17. The van der Waals surface area contributed by atoms with Crippen molar-refractivity contribution in [1.82, 2.24) is 5.32 Å². The van der Waals surface area contributed by atoms with Crippen molar-refractivity contribution in [3.8, 4) is 0 Å². The number of aliphatic hydroxyl groups excluding tert-OH is 14. The fourth-order valence-corrected chi connectivity index (χ4v) is 9.02. The number of unbranched alkanes of at least 4 members (excludes halogenated alkanes) is 1. The van der Waals surface area contributed by atoms with E-state index in [0.717, 1.165) is 12.8 Å². The SMILES string of the molecule is CC(=O)/C(C)=C/C=C/C=C/CC/C=C/C(C)C(O)C(C)C(O)/C=C/C=C/C=C/C=C/C=C/C=C/CC(O)C(C)C(CC(O)CC(O)/C=C/CC(O)CC(O)CC(O)/C=C/CC(O)CC(O)C(O)C(O)CC(O)CC(O)CCCN=C(N)N)NCC(C)C. The van der Waals surface area contributed by atoms with E-state index >= 15 is 0 Å². The lowest BCUT2D eigenvalue weighted by atomic mass is 9.88. The Kier molecular flexibility index (Phi) is 47.3. The van der Waals surface area contributed by atoms with Gasteiger partial charge in [-0.15, -0.1) is 0 Å². The van der Waals surface area contributed by atoms with Crippen molar-refractivity contribution in [2.24, 2.45) is 40.1 Å². The number of nitrogens with two attached hydrogens (primary N) is 2. The molecule has 0 heterocycles. The third-order valence-electron chi connectivity index (χ3n) is 14.6. The van der Waals surface area contributed by atoms with Crippen LogP contribution in [0, 0.1) is 23.7 Å². The van der Waals surface area contributed by atoms with Crippen molar-refractivity contribution in [2.75, 3.05) is 13.1 Å². The molecule has 0 aliphatic rings. The molecule has 0 amide bonds. The van der Waals surface area contributed by atoms with Gasteiger partial charge in [-0.05, 0) is 102 Å². The monoisotopic (exact) mass is 1230 g/mol. The molecule has 0 radical (unpaired) electrons. The molecule has 87 heavy (non-hydrogen) atoms. The lowest BCUT2D eigenvalue weighted by Crippen LogP contribution is -2.44. The molecular formula is C68H114N4O15. The van der Waals surface area contributed by atoms with Gasteiger partial charge in [-0.25, -0.2) is 0 Å². The van der Waals surface area contributed by atoms with Crippen LogP contribution in [0.5, 0.6) is 0 Å². The first-order valence-electron chi connectivity index (χ1n) is 31.0. The lowest BCUT2D eigenvalue weighted by molar-refractivity contribution is -0.113. The zero-order valence-corrected chi connectivity index (χ0v) is 52.8. The van der Waals surface area contributed by atoms with Crippen LogP contribution in [-0.4, -0.2) is 188 Å². The number of aliphatic hydroxyl groups is 14. The normalized spacial score (nSPS) is 19.8. The topological polar surface area (TPSA) is 377 Å². The second-order valence-electron chi connectivity index (χ2n) is 23.5. The molecule has 0 saturated heterocycles. The number of rotatable bonds is 49. The lowest BCUT2D eigenvalue weighted by Gasteiger charge is -2.31. The molecule has 19 heteroatoms. The summed E-state index contributed by atoms with van der Waals surface area (Å²) in [6.45, 7) is 14.1. The highest BCUT2D eigenvalue weighted by atomic mass is 16.4. The highest BCUT2D eigenvalue weighted by molar-refractivity contribution is 5.92. The van der Waals surface area contributed by atoms with E-state index in [0.29, 0.717) is 43.8 Å². The van der Waals surface area contributed by atoms with Crippen LogP contribution < -0.4 is 16.8 Å². The van der Waals surface area contributed by atoms with Crippen molar-refractivity contribution in [3.63, 3.8) is 0 Å². The summed E-state index contributed by atoms with van der Waals surface area (Å²) in [5.41, 5.74) is 11.2. The van der Waals surface area contributed by atoms with Crippen molar-refractivity contribution in [2.45, 2.75) is 230 Å². The molecule has 0 fully saturated rings. The Bertz CT molecular complexity index is 2200. The molecule has 496 valence electrons. The van der Waals surface area contributed by atoms with Gasteiger partial charge in [0.25, 0.3) is 0 Å². The summed E-state index contributed by atoms with van der Waals surface area (Å²) in [7, 11) is 0. The minimum Gasteiger partial charge on any atom is -0.393 e. The van der Waals surface area contributed by atoms with Crippen LogP contribution in [0.15, 0.2) is 150 Å². The largest absolute Gasteiger partial charge is 0.393 e. The van der Waals surface area contributed by atoms with Crippen molar-refractivity contribution < 1.29 is 76.3 Å². The predicted octanol–water partition coefficient (Wildman–Crippen LogP) is 4.95. The fraction of sp³-hybridized carbons (Fsp3) is 0.618. The van der Waals surface area contributed by atoms with Crippen molar-refractivity contribution >= 4 is 11.7 Å². The Labute approximate surface area is 519 Å². The van der Waals surface area contributed by atoms with Crippen LogP contribution >= 0.6 is 0 Å². The molecule has 0 rings (SSSR count). The summed E-state index contributed by atoms with van der Waals surface area (Å²) in [4.78, 5) is 15.1. The summed E-state index contributed by atoms with van der Waals surface area (Å²) >= 11 is 0. The molecule has 0 aromatic heterocycles. The van der Waals surface area contributed by atoms with E-state index in [-0.39, 0.29) is 93.3 Å². The predicted molar refractivity (Wildman–Crippen MR) is 349 cm³/mol. The Morgan fingerprint density at radius 2 is 0.943 bits per heavy atom. The average molecular weight is 1230 g/mol. The van der Waals surface area contributed by atoms with Crippen LogP contribution in [0.2, 0.25) is 0 Å². The maximum Gasteiger partial charge on any atom is 0.185 e. The Hall–Kier alpha value is -4.78. The molecule has 0 aliphatic heterocycles. The second kappa shape index (κ2) is 50.0. The highest BCUT2D eigenvalue weighted by Gasteiger charge is 2.30. The molecule has 0 bridgehead atoms. The van der Waals surface area contributed by atoms with Crippen LogP contribution in [0.3, 0.4) is 0 Å². The maximum absolute atomic E-state index is 11.3. The first kappa shape index (κ1) is 82.2. The number of allylic oxidation sites excluding steroid dienone is 17. The van der Waals surface area contributed by atoms with Gasteiger partial charge in [0.2, 0.25) is 0 Å². The molecule has 0 saturated carbocycles. The molecular weight excluding hydrogens is 1110 g/mol. The third-order valence-corrected chi connectivity index (χ3v) is 14.6. The summed E-state index contributed by atoms with van der Waals surface area (Å²) in [6, 6.07) is -0.250. The number of carbonyl (C=O) groups is 1. The summed E-state index contributed by atoms with van der Waals surface area (Å²) in [5.74, 6) is -0.432. The minimum absolute atomic E-state index is 0.0207. The van der Waals surface area contributed by atoms with Gasteiger partial charge in [-0.1, -0.05) is 174 Å². The summed E-state index contributed by atoms with van der Waals surface area (Å²) in [5, 5.41) is 151. The molecule has 18 unspecified atom stereocenters. The van der Waals surface area contributed by atoms with Gasteiger partial charge >= 0.3 is 0 Å². The molecule has 0 aliphatic carbocycles. The standard InChI is InChI=1S/C68H114N4O15/c1-47(2)46-72-61(50(5)62(82)36-24-20-16-11-9-8-10-12-17-21-25-37-63(83)51(6)66(86)49(4)30-23-19-15-13-14-18-22-29-48(3)52(7)73)43-59(80)41-55(76)32-26-31-53(74)39-58(79)40-54(75)33-27-34-57(78)44-64(84)67(87)65(85)45-60(81)42-56(77)35-28-38-71-68(69)70/h8-14,16-18,20-27,29-30,32-33,37,47,49-51,53-67,72,74-87H,15,19,28,31,34-36,38-46H2,1-7H3,(H4,69,70,71)/b9-8+,12-10+,14-13+,16-11+,21-17+,22-18+,24-20+,30-23+,32-26+,33-27+,37-25+,48-29+. The number of nitrogens with one attached hydrogen (secondary N) is 1. The Morgan fingerprint density at radius 3 is 1.51 bits per heavy atom. The Balaban J connectivity index is 4.82. The van der Waals surface area contributed by atoms with E-state index in [2.05, 4.69) is 24.2 Å². The molecule has 0 spiro atoms. The van der Waals surface area contributed by atoms with E-state index in [4.69, 9.17) is 11.5 Å². The third kappa shape index (κ3) is 44.3. The maximum atomic E-state index is 11.3. The number of hydrogen-bond donors (Lipinski definition) is 17. The quantitative estimate of drug-likeness (QED) is 0.00956. The molecule has 0 aromatic rings. The Morgan fingerprint density at radius 1 is 0.460 bits per heavy atom. The first-order valence-corrected chi connectivity index (χ1v) is 31.0. The number of aliphatic imine (C=N–C) groups is 1. The van der Waals surface area contributed by atoms with E-state index in [1.54, 1.807) is 44.2 Å². The van der Waals surface area contributed by atoms with Crippen LogP contribution in [-0.2, 0) is 4.79 Å². The molecule has 19 N–H and O–H groups in total. The van der Waals surface area contributed by atoms with Crippen molar-refractivity contribution in [3.05, 3.63) is 145 Å². The number of ketones is 1. The van der Waals surface area contributed by atoms with Crippen LogP contribution in [0.25, 0.3) is 0 Å². The van der Waals surface area contributed by atoms with E-state index < -0.39 is 85.5 Å². The average Bonchev–Trinajstić information content (AvgIpc) is 3.62. The fourth-order valence-electron chi connectivity index (χ4n) is 9.02. The van der Waals surface area contributed by atoms with Gasteiger partial charge in [0.05, 0.1) is 79.4 Å². The van der Waals surface area contributed by atoms with E-state index in [1.807, 2.05) is 112 Å². The van der Waals surface area contributed by atoms with Gasteiger partial charge in [0, 0.05) is 50.1 Å². The van der Waals surface area contributed by atoms with E-state index in [9.17, 15) is 76.3 Å². The number of nitrogens with zero attached hydrogens (tertiary/aromatic N) is 1. The van der Waals surface area contributed by atoms with Crippen molar-refractivity contribution in [1.29, 1.82) is 0 Å². The highest BCUT2D eigenvalue weighted by Crippen LogP contribution is 2.22. The smallest absolute Gasteiger partial charge is 0.185 e. The molecule has 19 nitrogen and oxygen atoms in total. The van der Waals surface area contributed by atoms with Gasteiger partial charge < -0.3 is 88.3 Å². The molecule has 0 aromatic carbocycles. The molecule has 18 atom stereocenters. The first-order chi connectivity index (χ1) is 41.1. The zero-order valence-electron chi connectivity index (χ0n) is 52.8. The van der Waals surface area contributed by atoms with Gasteiger partial charge in [-0.3, -0.25) is 9.79 Å². The second-order valence-corrected chi connectivity index (χ2v) is 23.5.